The Labute approximate surface area is 107 Å². The van der Waals surface area contributed by atoms with E-state index >= 15 is 0 Å². The standard InChI is InChI=1S/C15H17NO2/c1-3-6-11(9-16)15(17)14-10(2)18-13-8-5-4-7-12(13)14/h4-5,7-8,11,15,17H,3,6H2,1-2H3. The van der Waals surface area contributed by atoms with Gasteiger partial charge in [-0.1, -0.05) is 31.5 Å². The van der Waals surface area contributed by atoms with Crippen molar-refractivity contribution in [2.45, 2.75) is 32.8 Å². The summed E-state index contributed by atoms with van der Waals surface area (Å²) in [5.74, 6) is 0.315. The lowest BCUT2D eigenvalue weighted by Crippen LogP contribution is -2.11. The first kappa shape index (κ1) is 12.7. The van der Waals surface area contributed by atoms with E-state index in [9.17, 15) is 5.11 Å². The maximum absolute atomic E-state index is 10.4. The van der Waals surface area contributed by atoms with E-state index in [-0.39, 0.29) is 5.92 Å². The molecular formula is C15H17NO2. The number of fused-ring (bicyclic) bond motifs is 1. The minimum atomic E-state index is -0.779. The van der Waals surface area contributed by atoms with E-state index in [1.807, 2.05) is 38.1 Å². The normalized spacial score (nSPS) is 14.3. The number of aryl methyl sites for hydroxylation is 1. The molecule has 1 aromatic carbocycles. The molecule has 0 aliphatic rings. The van der Waals surface area contributed by atoms with Gasteiger partial charge >= 0.3 is 0 Å². The predicted octanol–water partition coefficient (Wildman–Crippen LogP) is 3.71. The van der Waals surface area contributed by atoms with Crippen LogP contribution in [0.25, 0.3) is 11.0 Å². The molecule has 1 aromatic heterocycles. The first-order valence-electron chi connectivity index (χ1n) is 6.24. The van der Waals surface area contributed by atoms with E-state index in [2.05, 4.69) is 6.07 Å². The first-order chi connectivity index (χ1) is 8.69. The third-order valence-corrected chi connectivity index (χ3v) is 3.26. The summed E-state index contributed by atoms with van der Waals surface area (Å²) in [4.78, 5) is 0. The highest BCUT2D eigenvalue weighted by Gasteiger charge is 2.25. The number of nitriles is 1. The summed E-state index contributed by atoms with van der Waals surface area (Å²) in [5.41, 5.74) is 1.52. The molecule has 1 heterocycles. The van der Waals surface area contributed by atoms with Gasteiger partial charge in [0.1, 0.15) is 11.3 Å². The van der Waals surface area contributed by atoms with Gasteiger partial charge in [0.25, 0.3) is 0 Å². The first-order valence-corrected chi connectivity index (χ1v) is 6.24. The molecule has 2 unspecified atom stereocenters. The topological polar surface area (TPSA) is 57.2 Å². The largest absolute Gasteiger partial charge is 0.461 e. The number of rotatable bonds is 4. The molecule has 18 heavy (non-hydrogen) atoms. The van der Waals surface area contributed by atoms with Gasteiger partial charge in [0.15, 0.2) is 0 Å². The second-order valence-electron chi connectivity index (χ2n) is 4.54. The fraction of sp³-hybridized carbons (Fsp3) is 0.400. The molecule has 0 aliphatic heterocycles. The van der Waals surface area contributed by atoms with Crippen LogP contribution in [0, 0.1) is 24.2 Å². The number of aliphatic hydroxyl groups excluding tert-OH is 1. The summed E-state index contributed by atoms with van der Waals surface area (Å²) in [6, 6.07) is 9.80. The van der Waals surface area contributed by atoms with E-state index in [1.54, 1.807) is 0 Å². The van der Waals surface area contributed by atoms with E-state index in [4.69, 9.17) is 9.68 Å². The van der Waals surface area contributed by atoms with Gasteiger partial charge < -0.3 is 9.52 Å². The highest BCUT2D eigenvalue weighted by molar-refractivity contribution is 5.82. The van der Waals surface area contributed by atoms with Gasteiger partial charge in [0.2, 0.25) is 0 Å². The van der Waals surface area contributed by atoms with Gasteiger partial charge in [-0.2, -0.15) is 5.26 Å². The second kappa shape index (κ2) is 5.24. The van der Waals surface area contributed by atoms with Crippen molar-refractivity contribution < 1.29 is 9.52 Å². The number of hydrogen-bond donors (Lipinski definition) is 1. The molecule has 2 rings (SSSR count). The minimum absolute atomic E-state index is 0.380. The molecule has 0 saturated heterocycles. The third kappa shape index (κ3) is 2.12. The Kier molecular flexibility index (Phi) is 3.69. The van der Waals surface area contributed by atoms with Gasteiger partial charge in [-0.25, -0.2) is 0 Å². The van der Waals surface area contributed by atoms with E-state index < -0.39 is 6.10 Å². The van der Waals surface area contributed by atoms with Crippen LogP contribution >= 0.6 is 0 Å². The number of furan rings is 1. The maximum atomic E-state index is 10.4. The molecule has 0 spiro atoms. The van der Waals surface area contributed by atoms with Crippen LogP contribution in [0.3, 0.4) is 0 Å². The molecule has 0 saturated carbocycles. The van der Waals surface area contributed by atoms with Crippen molar-refractivity contribution in [3.05, 3.63) is 35.6 Å². The number of benzene rings is 1. The zero-order valence-corrected chi connectivity index (χ0v) is 10.7. The molecule has 1 N–H and O–H groups in total. The number of aliphatic hydroxyl groups is 1. The fourth-order valence-corrected chi connectivity index (χ4v) is 2.36. The molecule has 2 atom stereocenters. The zero-order valence-electron chi connectivity index (χ0n) is 10.7. The minimum Gasteiger partial charge on any atom is -0.461 e. The quantitative estimate of drug-likeness (QED) is 0.890. The van der Waals surface area contributed by atoms with Crippen molar-refractivity contribution >= 4 is 11.0 Å². The lowest BCUT2D eigenvalue weighted by atomic mass is 9.91. The smallest absolute Gasteiger partial charge is 0.134 e. The fourth-order valence-electron chi connectivity index (χ4n) is 2.36. The Bertz CT molecular complexity index is 580. The average Bonchev–Trinajstić information content (AvgIpc) is 2.71. The summed E-state index contributed by atoms with van der Waals surface area (Å²) >= 11 is 0. The van der Waals surface area contributed by atoms with E-state index in [0.29, 0.717) is 12.2 Å². The monoisotopic (exact) mass is 243 g/mol. The second-order valence-corrected chi connectivity index (χ2v) is 4.54. The SMILES string of the molecule is CCCC(C#N)C(O)c1c(C)oc2ccccc12. The highest BCUT2D eigenvalue weighted by atomic mass is 16.3. The molecular weight excluding hydrogens is 226 g/mol. The Balaban J connectivity index is 2.47. The highest BCUT2D eigenvalue weighted by Crippen LogP contribution is 2.35. The number of hydrogen-bond acceptors (Lipinski definition) is 3. The van der Waals surface area contributed by atoms with Gasteiger partial charge in [0, 0.05) is 10.9 Å². The molecule has 2 aromatic rings. The Hall–Kier alpha value is -1.79. The predicted molar refractivity (Wildman–Crippen MR) is 69.9 cm³/mol. The van der Waals surface area contributed by atoms with Crippen LogP contribution < -0.4 is 0 Å². The van der Waals surface area contributed by atoms with Crippen molar-refractivity contribution in [1.82, 2.24) is 0 Å². The van der Waals surface area contributed by atoms with Crippen LogP contribution in [-0.2, 0) is 0 Å². The van der Waals surface area contributed by atoms with Crippen molar-refractivity contribution in [3.63, 3.8) is 0 Å². The van der Waals surface area contributed by atoms with Crippen LogP contribution in [-0.4, -0.2) is 5.11 Å². The molecule has 0 radical (unpaired) electrons. The summed E-state index contributed by atoms with van der Waals surface area (Å²) in [6.45, 7) is 3.84. The van der Waals surface area contributed by atoms with Crippen LogP contribution in [0.2, 0.25) is 0 Å². The summed E-state index contributed by atoms with van der Waals surface area (Å²) < 4.78 is 5.62. The molecule has 0 amide bonds. The van der Waals surface area contributed by atoms with Crippen LogP contribution in [0.4, 0.5) is 0 Å². The molecule has 0 fully saturated rings. The third-order valence-electron chi connectivity index (χ3n) is 3.26. The zero-order chi connectivity index (χ0) is 13.1. The van der Waals surface area contributed by atoms with Crippen LogP contribution in [0.5, 0.6) is 0 Å². The summed E-state index contributed by atoms with van der Waals surface area (Å²) in [7, 11) is 0. The Morgan fingerprint density at radius 1 is 1.39 bits per heavy atom. The van der Waals surface area contributed by atoms with Crippen molar-refractivity contribution in [2.75, 3.05) is 0 Å². The van der Waals surface area contributed by atoms with Crippen LogP contribution in [0.1, 0.15) is 37.2 Å². The van der Waals surface area contributed by atoms with E-state index in [0.717, 1.165) is 23.0 Å². The molecule has 0 bridgehead atoms. The molecule has 3 nitrogen and oxygen atoms in total. The van der Waals surface area contributed by atoms with E-state index in [1.165, 1.54) is 0 Å². The summed E-state index contributed by atoms with van der Waals surface area (Å²) in [6.07, 6.45) is 0.791. The van der Waals surface area contributed by atoms with Gasteiger partial charge in [-0.3, -0.25) is 0 Å². The van der Waals surface area contributed by atoms with Gasteiger partial charge in [-0.05, 0) is 19.4 Å². The average molecular weight is 243 g/mol. The maximum Gasteiger partial charge on any atom is 0.134 e. The number of para-hydroxylation sites is 1. The van der Waals surface area contributed by atoms with Gasteiger partial charge in [-0.15, -0.1) is 0 Å². The Morgan fingerprint density at radius 2 is 2.11 bits per heavy atom. The number of nitrogens with zero attached hydrogens (tertiary/aromatic N) is 1. The lowest BCUT2D eigenvalue weighted by Gasteiger charge is -2.15. The summed E-state index contributed by atoms with van der Waals surface area (Å²) in [5, 5.41) is 20.4. The molecule has 0 aliphatic carbocycles. The van der Waals surface area contributed by atoms with Crippen molar-refractivity contribution in [3.8, 4) is 6.07 Å². The van der Waals surface area contributed by atoms with Gasteiger partial charge in [0.05, 0.1) is 18.1 Å². The Morgan fingerprint density at radius 3 is 2.78 bits per heavy atom. The molecule has 3 heteroatoms. The van der Waals surface area contributed by atoms with Crippen LogP contribution in [0.15, 0.2) is 28.7 Å². The lowest BCUT2D eigenvalue weighted by molar-refractivity contribution is 0.129. The van der Waals surface area contributed by atoms with Crippen molar-refractivity contribution in [2.24, 2.45) is 5.92 Å². The molecule has 94 valence electrons. The van der Waals surface area contributed by atoms with Crippen molar-refractivity contribution in [1.29, 1.82) is 5.26 Å².